The molecule has 0 aromatic heterocycles. The Kier molecular flexibility index (Phi) is 4.63. The molecule has 1 aromatic carbocycles. The van der Waals surface area contributed by atoms with Crippen molar-refractivity contribution in [2.45, 2.75) is 27.2 Å². The molecule has 0 spiro atoms. The molecule has 0 amide bonds. The van der Waals surface area contributed by atoms with Gasteiger partial charge in [-0.15, -0.1) is 0 Å². The van der Waals surface area contributed by atoms with Crippen LogP contribution in [0, 0.1) is 19.8 Å². The number of rotatable bonds is 5. The molecule has 0 aliphatic rings. The second kappa shape index (κ2) is 5.76. The summed E-state index contributed by atoms with van der Waals surface area (Å²) in [5.41, 5.74) is 9.39. The van der Waals surface area contributed by atoms with E-state index in [1.807, 2.05) is 0 Å². The van der Waals surface area contributed by atoms with Gasteiger partial charge >= 0.3 is 0 Å². The van der Waals surface area contributed by atoms with E-state index in [-0.39, 0.29) is 0 Å². The lowest BCUT2D eigenvalue weighted by Gasteiger charge is -2.14. The molecule has 0 radical (unpaired) electrons. The van der Waals surface area contributed by atoms with Crippen molar-refractivity contribution in [3.05, 3.63) is 29.3 Å². The highest BCUT2D eigenvalue weighted by Gasteiger charge is 2.02. The van der Waals surface area contributed by atoms with Crippen molar-refractivity contribution in [1.82, 2.24) is 0 Å². The van der Waals surface area contributed by atoms with Gasteiger partial charge < -0.3 is 11.1 Å². The zero-order chi connectivity index (χ0) is 11.3. The monoisotopic (exact) mass is 206 g/mol. The van der Waals surface area contributed by atoms with Crippen LogP contribution in [0.25, 0.3) is 0 Å². The molecule has 2 nitrogen and oxygen atoms in total. The standard InChI is InChI=1S/C13H22N2/c1-10-4-5-13(12(3)8-10)15-9-11(2)6-7-14/h4-5,8,11,15H,6-7,9,14H2,1-3H3. The van der Waals surface area contributed by atoms with Crippen molar-refractivity contribution in [3.63, 3.8) is 0 Å². The first-order chi connectivity index (χ1) is 7.13. The minimum absolute atomic E-state index is 0.635. The molecule has 2 heteroatoms. The molecule has 0 saturated carbocycles. The molecule has 1 rings (SSSR count). The highest BCUT2D eigenvalue weighted by atomic mass is 14.9. The van der Waals surface area contributed by atoms with Gasteiger partial charge in [0.25, 0.3) is 0 Å². The van der Waals surface area contributed by atoms with Crippen molar-refractivity contribution in [3.8, 4) is 0 Å². The van der Waals surface area contributed by atoms with Gasteiger partial charge in [0.15, 0.2) is 0 Å². The molecule has 0 saturated heterocycles. The Morgan fingerprint density at radius 3 is 2.67 bits per heavy atom. The molecule has 3 N–H and O–H groups in total. The Balaban J connectivity index is 2.50. The molecule has 0 aliphatic heterocycles. The van der Waals surface area contributed by atoms with Crippen molar-refractivity contribution in [2.75, 3.05) is 18.4 Å². The molecular formula is C13H22N2. The van der Waals surface area contributed by atoms with Gasteiger partial charge in [0.2, 0.25) is 0 Å². The van der Waals surface area contributed by atoms with Gasteiger partial charge in [0.1, 0.15) is 0 Å². The van der Waals surface area contributed by atoms with Crippen molar-refractivity contribution >= 4 is 5.69 Å². The number of hydrogen-bond donors (Lipinski definition) is 2. The third-order valence-electron chi connectivity index (χ3n) is 2.68. The Morgan fingerprint density at radius 2 is 2.07 bits per heavy atom. The zero-order valence-corrected chi connectivity index (χ0v) is 10.0. The van der Waals surface area contributed by atoms with Crippen LogP contribution in [-0.2, 0) is 0 Å². The first-order valence-corrected chi connectivity index (χ1v) is 5.64. The van der Waals surface area contributed by atoms with Crippen molar-refractivity contribution < 1.29 is 0 Å². The lowest BCUT2D eigenvalue weighted by molar-refractivity contribution is 0.568. The predicted octanol–water partition coefficient (Wildman–Crippen LogP) is 2.70. The summed E-state index contributed by atoms with van der Waals surface area (Å²) in [5, 5.41) is 3.47. The van der Waals surface area contributed by atoms with E-state index in [2.05, 4.69) is 44.3 Å². The lowest BCUT2D eigenvalue weighted by atomic mass is 10.1. The van der Waals surface area contributed by atoms with Crippen molar-refractivity contribution in [2.24, 2.45) is 11.7 Å². The average molecular weight is 206 g/mol. The number of hydrogen-bond acceptors (Lipinski definition) is 2. The van der Waals surface area contributed by atoms with E-state index in [0.717, 1.165) is 19.5 Å². The van der Waals surface area contributed by atoms with E-state index in [0.29, 0.717) is 5.92 Å². The Labute approximate surface area is 92.9 Å². The van der Waals surface area contributed by atoms with Gasteiger partial charge in [0, 0.05) is 12.2 Å². The molecule has 0 aliphatic carbocycles. The Hall–Kier alpha value is -1.02. The van der Waals surface area contributed by atoms with Crippen LogP contribution < -0.4 is 11.1 Å². The number of nitrogens with two attached hydrogens (primary N) is 1. The van der Waals surface area contributed by atoms with E-state index >= 15 is 0 Å². The number of benzene rings is 1. The van der Waals surface area contributed by atoms with Gasteiger partial charge in [-0.2, -0.15) is 0 Å². The summed E-state index contributed by atoms with van der Waals surface area (Å²) in [4.78, 5) is 0. The molecule has 84 valence electrons. The normalized spacial score (nSPS) is 12.5. The summed E-state index contributed by atoms with van der Waals surface area (Å²) in [6.07, 6.45) is 1.08. The van der Waals surface area contributed by atoms with E-state index < -0.39 is 0 Å². The largest absolute Gasteiger partial charge is 0.385 e. The first kappa shape index (κ1) is 12.1. The molecule has 0 heterocycles. The summed E-state index contributed by atoms with van der Waals surface area (Å²) in [7, 11) is 0. The van der Waals surface area contributed by atoms with Crippen LogP contribution >= 0.6 is 0 Å². The summed E-state index contributed by atoms with van der Waals surface area (Å²) >= 11 is 0. The molecular weight excluding hydrogens is 184 g/mol. The fraction of sp³-hybridized carbons (Fsp3) is 0.538. The highest BCUT2D eigenvalue weighted by molar-refractivity contribution is 5.51. The molecule has 0 fully saturated rings. The van der Waals surface area contributed by atoms with Gasteiger partial charge in [-0.3, -0.25) is 0 Å². The maximum Gasteiger partial charge on any atom is 0.0370 e. The molecule has 0 bridgehead atoms. The maximum absolute atomic E-state index is 5.52. The SMILES string of the molecule is Cc1ccc(NCC(C)CCN)c(C)c1. The number of nitrogens with one attached hydrogen (secondary N) is 1. The van der Waals surface area contributed by atoms with Crippen LogP contribution in [0.2, 0.25) is 0 Å². The van der Waals surface area contributed by atoms with Crippen LogP contribution in [0.5, 0.6) is 0 Å². The summed E-state index contributed by atoms with van der Waals surface area (Å²) in [5.74, 6) is 0.635. The smallest absolute Gasteiger partial charge is 0.0370 e. The van der Waals surface area contributed by atoms with Crippen LogP contribution in [0.3, 0.4) is 0 Å². The van der Waals surface area contributed by atoms with Gasteiger partial charge in [0.05, 0.1) is 0 Å². The quantitative estimate of drug-likeness (QED) is 0.777. The molecule has 1 unspecified atom stereocenters. The van der Waals surface area contributed by atoms with Crippen LogP contribution in [0.15, 0.2) is 18.2 Å². The second-order valence-electron chi connectivity index (χ2n) is 4.38. The topological polar surface area (TPSA) is 38.0 Å². The second-order valence-corrected chi connectivity index (χ2v) is 4.38. The Morgan fingerprint density at radius 1 is 1.33 bits per heavy atom. The fourth-order valence-electron chi connectivity index (χ4n) is 1.68. The van der Waals surface area contributed by atoms with Crippen molar-refractivity contribution in [1.29, 1.82) is 0 Å². The minimum atomic E-state index is 0.635. The summed E-state index contributed by atoms with van der Waals surface area (Å²) < 4.78 is 0. The fourth-order valence-corrected chi connectivity index (χ4v) is 1.68. The van der Waals surface area contributed by atoms with Gasteiger partial charge in [-0.05, 0) is 44.4 Å². The summed E-state index contributed by atoms with van der Waals surface area (Å²) in [6.45, 7) is 8.26. The van der Waals surface area contributed by atoms with Crippen LogP contribution in [0.4, 0.5) is 5.69 Å². The van der Waals surface area contributed by atoms with Crippen LogP contribution in [-0.4, -0.2) is 13.1 Å². The summed E-state index contributed by atoms with van der Waals surface area (Å²) in [6, 6.07) is 6.50. The van der Waals surface area contributed by atoms with Gasteiger partial charge in [-0.25, -0.2) is 0 Å². The third-order valence-corrected chi connectivity index (χ3v) is 2.68. The number of anilines is 1. The molecule has 1 atom stereocenters. The highest BCUT2D eigenvalue weighted by Crippen LogP contribution is 2.16. The molecule has 15 heavy (non-hydrogen) atoms. The average Bonchev–Trinajstić information content (AvgIpc) is 2.17. The van der Waals surface area contributed by atoms with E-state index in [1.165, 1.54) is 16.8 Å². The van der Waals surface area contributed by atoms with Gasteiger partial charge in [-0.1, -0.05) is 24.6 Å². The minimum Gasteiger partial charge on any atom is -0.385 e. The third kappa shape index (κ3) is 3.92. The zero-order valence-electron chi connectivity index (χ0n) is 10.0. The first-order valence-electron chi connectivity index (χ1n) is 5.64. The molecule has 1 aromatic rings. The van der Waals surface area contributed by atoms with E-state index in [9.17, 15) is 0 Å². The predicted molar refractivity (Wildman–Crippen MR) is 67.2 cm³/mol. The lowest BCUT2D eigenvalue weighted by Crippen LogP contribution is -2.15. The van der Waals surface area contributed by atoms with E-state index in [4.69, 9.17) is 5.73 Å². The maximum atomic E-state index is 5.52. The van der Waals surface area contributed by atoms with E-state index in [1.54, 1.807) is 0 Å². The van der Waals surface area contributed by atoms with Crippen LogP contribution in [0.1, 0.15) is 24.5 Å². The Bertz CT molecular complexity index is 307. The number of aryl methyl sites for hydroxylation is 2.